The molecule has 0 aliphatic carbocycles. The highest BCUT2D eigenvalue weighted by atomic mass is 16.5. The van der Waals surface area contributed by atoms with E-state index in [9.17, 15) is 4.79 Å². The van der Waals surface area contributed by atoms with Crippen molar-refractivity contribution in [3.8, 4) is 39.6 Å². The highest BCUT2D eigenvalue weighted by Crippen LogP contribution is 2.32. The van der Waals surface area contributed by atoms with E-state index in [0.717, 1.165) is 22.4 Å². The summed E-state index contributed by atoms with van der Waals surface area (Å²) in [7, 11) is 4.77. The van der Waals surface area contributed by atoms with E-state index in [4.69, 9.17) is 19.2 Å². The molecule has 0 fully saturated rings. The van der Waals surface area contributed by atoms with Gasteiger partial charge in [-0.05, 0) is 35.9 Å². The Labute approximate surface area is 161 Å². The van der Waals surface area contributed by atoms with Crippen LogP contribution in [0.5, 0.6) is 17.2 Å². The minimum atomic E-state index is -0.199. The van der Waals surface area contributed by atoms with Crippen molar-refractivity contribution in [1.29, 1.82) is 0 Å². The number of nitrogens with one attached hydrogen (secondary N) is 1. The van der Waals surface area contributed by atoms with Crippen molar-refractivity contribution < 1.29 is 14.2 Å². The van der Waals surface area contributed by atoms with Gasteiger partial charge in [0.2, 0.25) is 0 Å². The van der Waals surface area contributed by atoms with Crippen LogP contribution in [0.4, 0.5) is 0 Å². The second kappa shape index (κ2) is 7.11. The Morgan fingerprint density at radius 3 is 2.25 bits per heavy atom. The number of nitrogens with zero attached hydrogens (tertiary/aromatic N) is 2. The third-order valence-electron chi connectivity index (χ3n) is 4.58. The molecule has 142 valence electrons. The number of methoxy groups -OCH3 is 3. The summed E-state index contributed by atoms with van der Waals surface area (Å²) in [5.74, 6) is 1.95. The highest BCUT2D eigenvalue weighted by Gasteiger charge is 2.13. The first-order valence-electron chi connectivity index (χ1n) is 8.62. The van der Waals surface area contributed by atoms with E-state index in [-0.39, 0.29) is 5.56 Å². The van der Waals surface area contributed by atoms with E-state index in [1.807, 2.05) is 30.3 Å². The van der Waals surface area contributed by atoms with Crippen molar-refractivity contribution in [1.82, 2.24) is 14.6 Å². The molecule has 1 N–H and O–H groups in total. The largest absolute Gasteiger partial charge is 0.497 e. The molecule has 0 bridgehead atoms. The maximum Gasteiger partial charge on any atom is 0.273 e. The molecule has 0 radical (unpaired) electrons. The number of hydrogen-bond donors (Lipinski definition) is 1. The van der Waals surface area contributed by atoms with Crippen LogP contribution >= 0.6 is 0 Å². The molecule has 0 amide bonds. The molecule has 2 heterocycles. The first kappa shape index (κ1) is 17.7. The molecule has 4 rings (SSSR count). The summed E-state index contributed by atoms with van der Waals surface area (Å²) in [6.45, 7) is 0. The van der Waals surface area contributed by atoms with Gasteiger partial charge in [0.1, 0.15) is 5.75 Å². The summed E-state index contributed by atoms with van der Waals surface area (Å²) in [4.78, 5) is 17.3. The Bertz CT molecular complexity index is 1190. The van der Waals surface area contributed by atoms with Gasteiger partial charge >= 0.3 is 0 Å². The van der Waals surface area contributed by atoms with Crippen LogP contribution in [-0.2, 0) is 0 Å². The van der Waals surface area contributed by atoms with Gasteiger partial charge in [-0.1, -0.05) is 12.1 Å². The number of fused-ring (bicyclic) bond motifs is 1. The number of aromatic nitrogens is 3. The second-order valence-electron chi connectivity index (χ2n) is 6.12. The highest BCUT2D eigenvalue weighted by molar-refractivity contribution is 5.79. The maximum absolute atomic E-state index is 12.6. The van der Waals surface area contributed by atoms with Gasteiger partial charge in [0.05, 0.1) is 27.0 Å². The summed E-state index contributed by atoms with van der Waals surface area (Å²) in [6.07, 6.45) is 1.77. The summed E-state index contributed by atoms with van der Waals surface area (Å²) in [5.41, 5.74) is 3.41. The molecule has 0 aliphatic heterocycles. The van der Waals surface area contributed by atoms with Gasteiger partial charge in [0, 0.05) is 23.4 Å². The smallest absolute Gasteiger partial charge is 0.273 e. The minimum absolute atomic E-state index is 0.199. The van der Waals surface area contributed by atoms with Gasteiger partial charge in [0.25, 0.3) is 5.56 Å². The molecule has 4 aromatic rings. The molecular weight excluding hydrogens is 358 g/mol. The molecule has 0 saturated carbocycles. The number of benzene rings is 2. The number of ether oxygens (including phenoxy) is 3. The van der Waals surface area contributed by atoms with Crippen molar-refractivity contribution in [2.24, 2.45) is 0 Å². The van der Waals surface area contributed by atoms with Crippen LogP contribution in [0.2, 0.25) is 0 Å². The average molecular weight is 377 g/mol. The van der Waals surface area contributed by atoms with Gasteiger partial charge < -0.3 is 14.2 Å². The van der Waals surface area contributed by atoms with Gasteiger partial charge in [-0.15, -0.1) is 0 Å². The molecular formula is C21H19N3O4. The fraction of sp³-hybridized carbons (Fsp3) is 0.143. The van der Waals surface area contributed by atoms with E-state index in [2.05, 4.69) is 5.10 Å². The fourth-order valence-electron chi connectivity index (χ4n) is 3.11. The number of H-pyrrole nitrogens is 1. The van der Waals surface area contributed by atoms with Crippen molar-refractivity contribution in [2.45, 2.75) is 0 Å². The van der Waals surface area contributed by atoms with E-state index in [1.54, 1.807) is 39.7 Å². The SMILES string of the molecule is COc1ccc(-c2c[nH]n3c(=O)cc(-c4ccc(OC)c(OC)c4)nc23)cc1. The van der Waals surface area contributed by atoms with Gasteiger partial charge in [-0.25, -0.2) is 9.50 Å². The Balaban J connectivity index is 1.86. The zero-order chi connectivity index (χ0) is 19.7. The molecule has 0 unspecified atom stereocenters. The minimum Gasteiger partial charge on any atom is -0.497 e. The average Bonchev–Trinajstić information content (AvgIpc) is 3.18. The molecule has 0 spiro atoms. The first-order valence-corrected chi connectivity index (χ1v) is 8.62. The zero-order valence-electron chi connectivity index (χ0n) is 15.7. The van der Waals surface area contributed by atoms with Crippen LogP contribution in [0.3, 0.4) is 0 Å². The second-order valence-corrected chi connectivity index (χ2v) is 6.12. The van der Waals surface area contributed by atoms with Crippen molar-refractivity contribution in [2.75, 3.05) is 21.3 Å². The summed E-state index contributed by atoms with van der Waals surface area (Å²) in [5, 5.41) is 2.97. The quantitative estimate of drug-likeness (QED) is 0.577. The van der Waals surface area contributed by atoms with E-state index < -0.39 is 0 Å². The lowest BCUT2D eigenvalue weighted by molar-refractivity contribution is 0.355. The Morgan fingerprint density at radius 1 is 0.857 bits per heavy atom. The Kier molecular flexibility index (Phi) is 4.49. The first-order chi connectivity index (χ1) is 13.6. The van der Waals surface area contributed by atoms with Crippen molar-refractivity contribution >= 4 is 5.65 Å². The maximum atomic E-state index is 12.6. The molecule has 28 heavy (non-hydrogen) atoms. The standard InChI is InChI=1S/C21H19N3O4/c1-26-15-7-4-13(5-8-15)16-12-22-24-20(25)11-17(23-21(16)24)14-6-9-18(27-2)19(10-14)28-3/h4-12,22H,1-3H3. The van der Waals surface area contributed by atoms with Crippen molar-refractivity contribution in [3.63, 3.8) is 0 Å². The molecule has 0 saturated heterocycles. The number of hydrogen-bond acceptors (Lipinski definition) is 5. The predicted octanol–water partition coefficient (Wildman–Crippen LogP) is 3.38. The molecule has 7 nitrogen and oxygen atoms in total. The predicted molar refractivity (Wildman–Crippen MR) is 106 cm³/mol. The lowest BCUT2D eigenvalue weighted by Gasteiger charge is -2.09. The summed E-state index contributed by atoms with van der Waals surface area (Å²) >= 11 is 0. The topological polar surface area (TPSA) is 77.9 Å². The summed E-state index contributed by atoms with van der Waals surface area (Å²) in [6, 6.07) is 14.5. The monoisotopic (exact) mass is 377 g/mol. The molecule has 7 heteroatoms. The van der Waals surface area contributed by atoms with E-state index in [0.29, 0.717) is 22.8 Å². The number of aromatic amines is 1. The number of rotatable bonds is 5. The van der Waals surface area contributed by atoms with Gasteiger partial charge in [0.15, 0.2) is 17.1 Å². The molecule has 2 aromatic carbocycles. The Morgan fingerprint density at radius 2 is 1.57 bits per heavy atom. The molecule has 2 aromatic heterocycles. The van der Waals surface area contributed by atoms with Crippen LogP contribution in [0.25, 0.3) is 28.0 Å². The summed E-state index contributed by atoms with van der Waals surface area (Å²) < 4.78 is 17.3. The fourth-order valence-corrected chi connectivity index (χ4v) is 3.11. The zero-order valence-corrected chi connectivity index (χ0v) is 15.7. The van der Waals surface area contributed by atoms with Crippen LogP contribution in [0.15, 0.2) is 59.5 Å². The molecule has 0 atom stereocenters. The van der Waals surface area contributed by atoms with E-state index in [1.165, 1.54) is 10.6 Å². The van der Waals surface area contributed by atoms with Crippen LogP contribution < -0.4 is 19.8 Å². The van der Waals surface area contributed by atoms with Crippen LogP contribution in [0.1, 0.15) is 0 Å². The third-order valence-corrected chi connectivity index (χ3v) is 4.58. The normalized spacial score (nSPS) is 10.8. The van der Waals surface area contributed by atoms with Gasteiger partial charge in [-0.3, -0.25) is 9.89 Å². The lowest BCUT2D eigenvalue weighted by atomic mass is 10.1. The van der Waals surface area contributed by atoms with Crippen LogP contribution in [0, 0.1) is 0 Å². The van der Waals surface area contributed by atoms with Crippen molar-refractivity contribution in [3.05, 3.63) is 65.1 Å². The Hall–Kier alpha value is -3.74. The molecule has 0 aliphatic rings. The lowest BCUT2D eigenvalue weighted by Crippen LogP contribution is -2.14. The third kappa shape index (κ3) is 2.96. The van der Waals surface area contributed by atoms with E-state index >= 15 is 0 Å². The van der Waals surface area contributed by atoms with Gasteiger partial charge in [-0.2, -0.15) is 0 Å². The van der Waals surface area contributed by atoms with Crippen LogP contribution in [-0.4, -0.2) is 35.9 Å².